The average Bonchev–Trinajstić information content (AvgIpc) is 2.87. The first-order valence-corrected chi connectivity index (χ1v) is 6.81. The summed E-state index contributed by atoms with van der Waals surface area (Å²) in [5.74, 6) is -0.0395. The summed E-state index contributed by atoms with van der Waals surface area (Å²) in [7, 11) is 0. The smallest absolute Gasteiger partial charge is 0.229 e. The van der Waals surface area contributed by atoms with Gasteiger partial charge in [0.25, 0.3) is 0 Å². The van der Waals surface area contributed by atoms with Gasteiger partial charge in [-0.25, -0.2) is 9.37 Å². The minimum Gasteiger partial charge on any atom is -0.435 e. The topological polar surface area (TPSA) is 48.1 Å². The number of hydrogen-bond acceptors (Lipinski definition) is 3. The van der Waals surface area contributed by atoms with Crippen LogP contribution in [0.3, 0.4) is 0 Å². The Hall–Kier alpha value is -2.01. The van der Waals surface area contributed by atoms with Crippen molar-refractivity contribution in [2.75, 3.05) is 0 Å². The summed E-state index contributed by atoms with van der Waals surface area (Å²) in [4.78, 5) is 4.66. The summed E-state index contributed by atoms with van der Waals surface area (Å²) < 4.78 is 19.2. The van der Waals surface area contributed by atoms with Crippen LogP contribution in [0.4, 0.5) is 4.39 Å². The van der Waals surface area contributed by atoms with E-state index in [1.54, 1.807) is 18.2 Å². The zero-order chi connectivity index (χ0) is 14.1. The maximum Gasteiger partial charge on any atom is 0.229 e. The maximum atomic E-state index is 13.7. The first-order valence-electron chi connectivity index (χ1n) is 6.40. The van der Waals surface area contributed by atoms with E-state index < -0.39 is 5.82 Å². The molecule has 1 heterocycles. The van der Waals surface area contributed by atoms with Crippen LogP contribution >= 0.6 is 12.2 Å². The fraction of sp³-hybridized carbons (Fsp3) is 0.200. The highest BCUT2D eigenvalue weighted by Crippen LogP contribution is 2.30. The number of ether oxygens (including phenoxy) is 1. The predicted octanol–water partition coefficient (Wildman–Crippen LogP) is 3.14. The van der Waals surface area contributed by atoms with E-state index in [9.17, 15) is 4.39 Å². The number of fused-ring (bicyclic) bond motifs is 1. The van der Waals surface area contributed by atoms with Crippen LogP contribution < -0.4 is 10.5 Å². The third-order valence-electron chi connectivity index (χ3n) is 3.32. The van der Waals surface area contributed by atoms with Crippen LogP contribution in [0.1, 0.15) is 23.2 Å². The van der Waals surface area contributed by atoms with Crippen LogP contribution in [0.25, 0.3) is 0 Å². The number of nitrogens with zero attached hydrogens (tertiary/aromatic N) is 1. The van der Waals surface area contributed by atoms with Crippen molar-refractivity contribution in [3.8, 4) is 11.6 Å². The molecular formula is C15H13FN2OS. The Morgan fingerprint density at radius 2 is 2.10 bits per heavy atom. The van der Waals surface area contributed by atoms with Crippen molar-refractivity contribution in [2.45, 2.75) is 19.3 Å². The number of hydrogen-bond donors (Lipinski definition) is 1. The minimum atomic E-state index is -0.441. The van der Waals surface area contributed by atoms with E-state index in [-0.39, 0.29) is 16.6 Å². The lowest BCUT2D eigenvalue weighted by atomic mass is 10.1. The zero-order valence-electron chi connectivity index (χ0n) is 10.7. The number of aromatic nitrogens is 1. The second-order valence-corrected chi connectivity index (χ2v) is 5.14. The molecule has 2 aromatic rings. The Kier molecular flexibility index (Phi) is 3.36. The second kappa shape index (κ2) is 5.17. The number of para-hydroxylation sites is 1. The first kappa shape index (κ1) is 13.0. The molecule has 0 saturated heterocycles. The molecule has 3 rings (SSSR count). The molecule has 0 fully saturated rings. The van der Waals surface area contributed by atoms with Crippen LogP contribution in [0.5, 0.6) is 11.6 Å². The second-order valence-electron chi connectivity index (χ2n) is 4.70. The number of rotatable bonds is 3. The molecule has 1 aliphatic rings. The molecular weight excluding hydrogens is 275 g/mol. The van der Waals surface area contributed by atoms with E-state index in [2.05, 4.69) is 4.98 Å². The van der Waals surface area contributed by atoms with Gasteiger partial charge in [-0.05, 0) is 43.0 Å². The van der Waals surface area contributed by atoms with Gasteiger partial charge in [-0.15, -0.1) is 0 Å². The van der Waals surface area contributed by atoms with Crippen molar-refractivity contribution in [3.05, 3.63) is 53.0 Å². The van der Waals surface area contributed by atoms with Gasteiger partial charge < -0.3 is 10.5 Å². The van der Waals surface area contributed by atoms with E-state index >= 15 is 0 Å². The highest BCUT2D eigenvalue weighted by Gasteiger charge is 2.19. The molecule has 0 radical (unpaired) electrons. The summed E-state index contributed by atoms with van der Waals surface area (Å²) in [6, 6.07) is 8.10. The van der Waals surface area contributed by atoms with Crippen molar-refractivity contribution in [1.29, 1.82) is 0 Å². The van der Waals surface area contributed by atoms with Gasteiger partial charge in [0, 0.05) is 5.69 Å². The molecule has 0 bridgehead atoms. The molecule has 3 nitrogen and oxygen atoms in total. The maximum absolute atomic E-state index is 13.7. The summed E-state index contributed by atoms with van der Waals surface area (Å²) in [6.07, 6.45) is 2.93. The third kappa shape index (κ3) is 2.36. The Labute approximate surface area is 121 Å². The molecule has 0 saturated carbocycles. The number of halogens is 1. The molecule has 20 heavy (non-hydrogen) atoms. The molecule has 102 valence electrons. The monoisotopic (exact) mass is 288 g/mol. The normalized spacial score (nSPS) is 13.1. The average molecular weight is 288 g/mol. The van der Waals surface area contributed by atoms with Crippen LogP contribution in [0.15, 0.2) is 30.3 Å². The Bertz CT molecular complexity index is 688. The SMILES string of the molecule is NC(=S)c1cc2c(nc1Oc1ccccc1F)CCC2. The van der Waals surface area contributed by atoms with Crippen LogP contribution in [-0.2, 0) is 12.8 Å². The molecule has 1 aromatic carbocycles. The zero-order valence-corrected chi connectivity index (χ0v) is 11.5. The van der Waals surface area contributed by atoms with Gasteiger partial charge >= 0.3 is 0 Å². The summed E-state index contributed by atoms with van der Waals surface area (Å²) >= 11 is 5.03. The summed E-state index contributed by atoms with van der Waals surface area (Å²) in [5, 5.41) is 0. The lowest BCUT2D eigenvalue weighted by Crippen LogP contribution is -2.13. The van der Waals surface area contributed by atoms with Crippen LogP contribution in [0, 0.1) is 5.82 Å². The standard InChI is InChI=1S/C15H13FN2OS/c16-11-5-1-2-7-13(11)19-15-10(14(17)20)8-9-4-3-6-12(9)18-15/h1-2,5,7-8H,3-4,6H2,(H2,17,20). The molecule has 2 N–H and O–H groups in total. The van der Waals surface area contributed by atoms with Gasteiger partial charge in [0.1, 0.15) is 4.99 Å². The van der Waals surface area contributed by atoms with Crippen molar-refractivity contribution in [1.82, 2.24) is 4.98 Å². The molecule has 0 unspecified atom stereocenters. The van der Waals surface area contributed by atoms with Crippen molar-refractivity contribution in [3.63, 3.8) is 0 Å². The highest BCUT2D eigenvalue weighted by atomic mass is 32.1. The lowest BCUT2D eigenvalue weighted by Gasteiger charge is -2.12. The molecule has 0 atom stereocenters. The number of thiocarbonyl (C=S) groups is 1. The van der Waals surface area contributed by atoms with Crippen molar-refractivity contribution < 1.29 is 9.13 Å². The van der Waals surface area contributed by atoms with Gasteiger partial charge in [-0.3, -0.25) is 0 Å². The van der Waals surface area contributed by atoms with E-state index in [1.165, 1.54) is 6.07 Å². The third-order valence-corrected chi connectivity index (χ3v) is 3.54. The summed E-state index contributed by atoms with van der Waals surface area (Å²) in [6.45, 7) is 0. The van der Waals surface area contributed by atoms with Crippen LogP contribution in [-0.4, -0.2) is 9.97 Å². The molecule has 1 aromatic heterocycles. The first-order chi connectivity index (χ1) is 9.65. The number of pyridine rings is 1. The van der Waals surface area contributed by atoms with Crippen molar-refractivity contribution >= 4 is 17.2 Å². The van der Waals surface area contributed by atoms with Crippen LogP contribution in [0.2, 0.25) is 0 Å². The predicted molar refractivity (Wildman–Crippen MR) is 78.6 cm³/mol. The Balaban J connectivity index is 2.04. The van der Waals surface area contributed by atoms with Gasteiger partial charge in [-0.2, -0.15) is 0 Å². The Morgan fingerprint density at radius 1 is 1.30 bits per heavy atom. The minimum absolute atomic E-state index is 0.121. The molecule has 0 spiro atoms. The molecule has 0 amide bonds. The van der Waals surface area contributed by atoms with E-state index in [1.807, 2.05) is 6.07 Å². The summed E-state index contributed by atoms with van der Waals surface area (Å²) in [5.41, 5.74) is 8.41. The van der Waals surface area contributed by atoms with E-state index in [0.717, 1.165) is 30.5 Å². The van der Waals surface area contributed by atoms with Gasteiger partial charge in [-0.1, -0.05) is 24.4 Å². The molecule has 5 heteroatoms. The molecule has 1 aliphatic carbocycles. The Morgan fingerprint density at radius 3 is 2.85 bits per heavy atom. The van der Waals surface area contributed by atoms with E-state index in [4.69, 9.17) is 22.7 Å². The van der Waals surface area contributed by atoms with Gasteiger partial charge in [0.05, 0.1) is 5.56 Å². The number of nitrogens with two attached hydrogens (primary N) is 1. The number of aryl methyl sites for hydroxylation is 2. The fourth-order valence-electron chi connectivity index (χ4n) is 2.34. The molecule has 0 aliphatic heterocycles. The lowest BCUT2D eigenvalue weighted by molar-refractivity contribution is 0.425. The van der Waals surface area contributed by atoms with Gasteiger partial charge in [0.15, 0.2) is 11.6 Å². The number of benzene rings is 1. The van der Waals surface area contributed by atoms with Crippen molar-refractivity contribution in [2.24, 2.45) is 5.73 Å². The van der Waals surface area contributed by atoms with Gasteiger partial charge in [0.2, 0.25) is 5.88 Å². The van der Waals surface area contributed by atoms with E-state index in [0.29, 0.717) is 5.56 Å². The quantitative estimate of drug-likeness (QED) is 0.882. The highest BCUT2D eigenvalue weighted by molar-refractivity contribution is 7.80. The fourth-order valence-corrected chi connectivity index (χ4v) is 2.49. The largest absolute Gasteiger partial charge is 0.435 e.